The van der Waals surface area contributed by atoms with Gasteiger partial charge in [-0.15, -0.1) is 0 Å². The van der Waals surface area contributed by atoms with Crippen LogP contribution in [0.4, 0.5) is 0 Å². The number of likely N-dealkylation sites (N-methyl/N-ethyl adjacent to an activating group) is 1. The Labute approximate surface area is 158 Å². The van der Waals surface area contributed by atoms with E-state index in [9.17, 15) is 4.79 Å². The Morgan fingerprint density at radius 2 is 1.74 bits per heavy atom. The van der Waals surface area contributed by atoms with Crippen molar-refractivity contribution >= 4 is 5.91 Å². The fourth-order valence-corrected chi connectivity index (χ4v) is 2.95. The standard InChI is InChI=1S/C20H24N2O5/c1-22(2)17(13-5-6-18-19(9-13)27-12-26-18)11-21-20(23)14-7-15(24-3)10-16(8-14)25-4/h5-10,17H,11-12H2,1-4H3,(H,21,23)/t17-/m0/s1. The van der Waals surface area contributed by atoms with Crippen LogP contribution in [0.15, 0.2) is 36.4 Å². The maximum Gasteiger partial charge on any atom is 0.251 e. The fourth-order valence-electron chi connectivity index (χ4n) is 2.95. The third kappa shape index (κ3) is 4.25. The molecular weight excluding hydrogens is 348 g/mol. The molecule has 0 aliphatic carbocycles. The molecule has 3 rings (SSSR count). The molecule has 7 heteroatoms. The summed E-state index contributed by atoms with van der Waals surface area (Å²) >= 11 is 0. The van der Waals surface area contributed by atoms with Crippen LogP contribution in [-0.4, -0.2) is 52.5 Å². The van der Waals surface area contributed by atoms with Crippen LogP contribution in [0.2, 0.25) is 0 Å². The van der Waals surface area contributed by atoms with Crippen molar-refractivity contribution in [1.29, 1.82) is 0 Å². The molecule has 2 aromatic rings. The first-order valence-corrected chi connectivity index (χ1v) is 8.59. The minimum Gasteiger partial charge on any atom is -0.497 e. The second-order valence-electron chi connectivity index (χ2n) is 6.40. The van der Waals surface area contributed by atoms with Crippen LogP contribution in [0.5, 0.6) is 23.0 Å². The Morgan fingerprint density at radius 3 is 2.37 bits per heavy atom. The maximum absolute atomic E-state index is 12.6. The van der Waals surface area contributed by atoms with E-state index < -0.39 is 0 Å². The van der Waals surface area contributed by atoms with Crippen molar-refractivity contribution in [2.24, 2.45) is 0 Å². The lowest BCUT2D eigenvalue weighted by molar-refractivity contribution is 0.0941. The fraction of sp³-hybridized carbons (Fsp3) is 0.350. The van der Waals surface area contributed by atoms with Crippen LogP contribution in [0.25, 0.3) is 0 Å². The first kappa shape index (κ1) is 18.8. The number of ether oxygens (including phenoxy) is 4. The lowest BCUT2D eigenvalue weighted by Crippen LogP contribution is -2.34. The van der Waals surface area contributed by atoms with Crippen LogP contribution in [0, 0.1) is 0 Å². The minimum atomic E-state index is -0.195. The van der Waals surface area contributed by atoms with E-state index >= 15 is 0 Å². The number of benzene rings is 2. The Balaban J connectivity index is 1.74. The molecule has 1 aliphatic heterocycles. The maximum atomic E-state index is 12.6. The van der Waals surface area contributed by atoms with Gasteiger partial charge in [0.15, 0.2) is 11.5 Å². The van der Waals surface area contributed by atoms with E-state index in [2.05, 4.69) is 5.32 Å². The van der Waals surface area contributed by atoms with Crippen LogP contribution in [0.1, 0.15) is 22.0 Å². The molecule has 27 heavy (non-hydrogen) atoms. The number of nitrogens with zero attached hydrogens (tertiary/aromatic N) is 1. The Morgan fingerprint density at radius 1 is 1.07 bits per heavy atom. The zero-order valence-electron chi connectivity index (χ0n) is 15.9. The quantitative estimate of drug-likeness (QED) is 0.805. The molecule has 0 fully saturated rings. The molecule has 1 heterocycles. The van der Waals surface area contributed by atoms with E-state index in [0.29, 0.717) is 23.6 Å². The topological polar surface area (TPSA) is 69.3 Å². The van der Waals surface area contributed by atoms with Crippen molar-refractivity contribution in [3.8, 4) is 23.0 Å². The van der Waals surface area contributed by atoms with Gasteiger partial charge < -0.3 is 29.2 Å². The molecule has 1 aliphatic rings. The number of hydrogen-bond donors (Lipinski definition) is 1. The monoisotopic (exact) mass is 372 g/mol. The minimum absolute atomic E-state index is 0.0176. The van der Waals surface area contributed by atoms with Crippen molar-refractivity contribution < 1.29 is 23.7 Å². The second kappa shape index (κ2) is 8.18. The number of rotatable bonds is 7. The molecule has 0 saturated heterocycles. The number of nitrogens with one attached hydrogen (secondary N) is 1. The van der Waals surface area contributed by atoms with Gasteiger partial charge in [-0.05, 0) is 43.9 Å². The summed E-state index contributed by atoms with van der Waals surface area (Å²) in [4.78, 5) is 14.7. The third-order valence-corrected chi connectivity index (χ3v) is 4.47. The Kier molecular flexibility index (Phi) is 5.71. The summed E-state index contributed by atoms with van der Waals surface area (Å²) in [6.45, 7) is 0.671. The SMILES string of the molecule is COc1cc(OC)cc(C(=O)NC[C@@H](c2ccc3c(c2)OCO3)N(C)C)c1. The molecule has 0 radical (unpaired) electrons. The summed E-state index contributed by atoms with van der Waals surface area (Å²) in [6.07, 6.45) is 0. The van der Waals surface area contributed by atoms with Crippen molar-refractivity contribution in [2.45, 2.75) is 6.04 Å². The molecule has 0 saturated carbocycles. The second-order valence-corrected chi connectivity index (χ2v) is 6.40. The summed E-state index contributed by atoms with van der Waals surface area (Å²) < 4.78 is 21.3. The predicted molar refractivity (Wildman–Crippen MR) is 101 cm³/mol. The zero-order valence-corrected chi connectivity index (χ0v) is 15.9. The molecule has 0 bridgehead atoms. The largest absolute Gasteiger partial charge is 0.497 e. The lowest BCUT2D eigenvalue weighted by atomic mass is 10.0. The Hall–Kier alpha value is -2.93. The van der Waals surface area contributed by atoms with E-state index in [1.165, 1.54) is 0 Å². The van der Waals surface area contributed by atoms with E-state index in [1.54, 1.807) is 32.4 Å². The molecule has 0 spiro atoms. The average molecular weight is 372 g/mol. The van der Waals surface area contributed by atoms with Crippen molar-refractivity contribution in [1.82, 2.24) is 10.2 Å². The number of hydrogen-bond acceptors (Lipinski definition) is 6. The van der Waals surface area contributed by atoms with Gasteiger partial charge in [0.05, 0.1) is 20.3 Å². The molecule has 0 unspecified atom stereocenters. The smallest absolute Gasteiger partial charge is 0.251 e. The predicted octanol–water partition coefficient (Wildman–Crippen LogP) is 2.47. The van der Waals surface area contributed by atoms with Gasteiger partial charge in [-0.1, -0.05) is 6.07 Å². The van der Waals surface area contributed by atoms with Crippen molar-refractivity contribution in [2.75, 3.05) is 41.7 Å². The normalized spacial score (nSPS) is 13.4. The van der Waals surface area contributed by atoms with E-state index in [0.717, 1.165) is 17.1 Å². The summed E-state index contributed by atoms with van der Waals surface area (Å²) in [6, 6.07) is 10.9. The van der Waals surface area contributed by atoms with Crippen LogP contribution < -0.4 is 24.3 Å². The van der Waals surface area contributed by atoms with Gasteiger partial charge in [0.1, 0.15) is 11.5 Å². The van der Waals surface area contributed by atoms with Crippen LogP contribution in [-0.2, 0) is 0 Å². The molecule has 0 aromatic heterocycles. The van der Waals surface area contributed by atoms with Crippen molar-refractivity contribution in [3.05, 3.63) is 47.5 Å². The van der Waals surface area contributed by atoms with Gasteiger partial charge in [-0.3, -0.25) is 4.79 Å². The number of carbonyl (C=O) groups excluding carboxylic acids is 1. The molecule has 144 valence electrons. The first-order valence-electron chi connectivity index (χ1n) is 8.59. The first-order chi connectivity index (χ1) is 13.0. The molecule has 7 nitrogen and oxygen atoms in total. The lowest BCUT2D eigenvalue weighted by Gasteiger charge is -2.25. The van der Waals surface area contributed by atoms with Gasteiger partial charge in [0.2, 0.25) is 6.79 Å². The van der Waals surface area contributed by atoms with Crippen molar-refractivity contribution in [3.63, 3.8) is 0 Å². The van der Waals surface area contributed by atoms with Crippen LogP contribution >= 0.6 is 0 Å². The molecule has 1 amide bonds. The summed E-state index contributed by atoms with van der Waals surface area (Å²) in [5, 5.41) is 2.99. The van der Waals surface area contributed by atoms with E-state index in [4.69, 9.17) is 18.9 Å². The Bertz CT molecular complexity index is 800. The van der Waals surface area contributed by atoms with E-state index in [-0.39, 0.29) is 18.7 Å². The van der Waals surface area contributed by atoms with Gasteiger partial charge in [0, 0.05) is 18.2 Å². The van der Waals surface area contributed by atoms with Crippen LogP contribution in [0.3, 0.4) is 0 Å². The highest BCUT2D eigenvalue weighted by atomic mass is 16.7. The molecular formula is C20H24N2O5. The third-order valence-electron chi connectivity index (χ3n) is 4.47. The summed E-state index contributed by atoms with van der Waals surface area (Å²) in [5.41, 5.74) is 1.52. The number of amides is 1. The molecule has 1 atom stereocenters. The van der Waals surface area contributed by atoms with Gasteiger partial charge in [-0.25, -0.2) is 0 Å². The highest BCUT2D eigenvalue weighted by Crippen LogP contribution is 2.35. The molecule has 1 N–H and O–H groups in total. The number of carbonyl (C=O) groups is 1. The summed E-state index contributed by atoms with van der Waals surface area (Å²) in [5.74, 6) is 2.41. The van der Waals surface area contributed by atoms with E-state index in [1.807, 2.05) is 37.2 Å². The highest BCUT2D eigenvalue weighted by Gasteiger charge is 2.20. The highest BCUT2D eigenvalue weighted by molar-refractivity contribution is 5.95. The van der Waals surface area contributed by atoms with Gasteiger partial charge in [0.25, 0.3) is 5.91 Å². The van der Waals surface area contributed by atoms with Gasteiger partial charge in [-0.2, -0.15) is 0 Å². The average Bonchev–Trinajstić information content (AvgIpc) is 3.15. The summed E-state index contributed by atoms with van der Waals surface area (Å²) in [7, 11) is 7.04. The number of fused-ring (bicyclic) bond motifs is 1. The number of methoxy groups -OCH3 is 2. The molecule has 2 aromatic carbocycles. The van der Waals surface area contributed by atoms with Gasteiger partial charge >= 0.3 is 0 Å². The zero-order chi connectivity index (χ0) is 19.4.